The standard InChI is InChI=1S/C16H17N3O2S/c1-2-11-5-3-4-6-13(11)18-15(21)12-9-19-14(20)7-8-17-16(19)22-10-12/h3-8,12H,2,9-10H2,1H3,(H,18,21). The summed E-state index contributed by atoms with van der Waals surface area (Å²) in [4.78, 5) is 28.5. The molecule has 5 nitrogen and oxygen atoms in total. The molecule has 2 aromatic rings. The van der Waals surface area contributed by atoms with E-state index < -0.39 is 0 Å². The summed E-state index contributed by atoms with van der Waals surface area (Å²) < 4.78 is 1.57. The van der Waals surface area contributed by atoms with Gasteiger partial charge in [-0.3, -0.25) is 14.2 Å². The number of nitrogens with one attached hydrogen (secondary N) is 1. The lowest BCUT2D eigenvalue weighted by atomic mass is 10.1. The molecular weight excluding hydrogens is 298 g/mol. The maximum Gasteiger partial charge on any atom is 0.254 e. The molecule has 0 saturated carbocycles. The second kappa shape index (κ2) is 6.36. The van der Waals surface area contributed by atoms with E-state index in [2.05, 4.69) is 17.2 Å². The molecule has 22 heavy (non-hydrogen) atoms. The van der Waals surface area contributed by atoms with Crippen molar-refractivity contribution in [1.29, 1.82) is 0 Å². The number of carbonyl (C=O) groups excluding carboxylic acids is 1. The predicted octanol–water partition coefficient (Wildman–Crippen LogP) is 2.17. The number of amides is 1. The Balaban J connectivity index is 1.77. The first-order valence-electron chi connectivity index (χ1n) is 7.26. The van der Waals surface area contributed by atoms with E-state index in [9.17, 15) is 9.59 Å². The highest BCUT2D eigenvalue weighted by molar-refractivity contribution is 7.99. The Hall–Kier alpha value is -2.08. The third-order valence-corrected chi connectivity index (χ3v) is 4.90. The van der Waals surface area contributed by atoms with Crippen LogP contribution < -0.4 is 10.9 Å². The molecule has 0 spiro atoms. The normalized spacial score (nSPS) is 16.9. The van der Waals surface area contributed by atoms with Crippen LogP contribution in [0.2, 0.25) is 0 Å². The van der Waals surface area contributed by atoms with Gasteiger partial charge in [0.15, 0.2) is 5.16 Å². The van der Waals surface area contributed by atoms with Crippen molar-refractivity contribution in [3.05, 3.63) is 52.4 Å². The summed E-state index contributed by atoms with van der Waals surface area (Å²) in [5, 5.41) is 3.68. The Labute approximate surface area is 132 Å². The average molecular weight is 315 g/mol. The number of para-hydroxylation sites is 1. The van der Waals surface area contributed by atoms with E-state index in [0.717, 1.165) is 17.7 Å². The lowest BCUT2D eigenvalue weighted by molar-refractivity contribution is -0.119. The van der Waals surface area contributed by atoms with Crippen LogP contribution >= 0.6 is 11.8 Å². The number of fused-ring (bicyclic) bond motifs is 1. The highest BCUT2D eigenvalue weighted by Gasteiger charge is 2.26. The minimum Gasteiger partial charge on any atom is -0.326 e. The van der Waals surface area contributed by atoms with Gasteiger partial charge < -0.3 is 5.32 Å². The van der Waals surface area contributed by atoms with E-state index in [4.69, 9.17) is 0 Å². The number of rotatable bonds is 3. The largest absolute Gasteiger partial charge is 0.326 e. The molecule has 114 valence electrons. The number of nitrogens with zero attached hydrogens (tertiary/aromatic N) is 2. The number of hydrogen-bond donors (Lipinski definition) is 1. The van der Waals surface area contributed by atoms with E-state index in [1.807, 2.05) is 24.3 Å². The zero-order valence-electron chi connectivity index (χ0n) is 12.3. The molecule has 0 saturated heterocycles. The summed E-state index contributed by atoms with van der Waals surface area (Å²) in [6.45, 7) is 2.44. The van der Waals surface area contributed by atoms with E-state index in [1.165, 1.54) is 24.0 Å². The number of aryl methyl sites for hydroxylation is 1. The first kappa shape index (κ1) is 14.8. The van der Waals surface area contributed by atoms with Crippen LogP contribution in [0.25, 0.3) is 0 Å². The summed E-state index contributed by atoms with van der Waals surface area (Å²) in [5.74, 6) is 0.357. The van der Waals surface area contributed by atoms with E-state index in [0.29, 0.717) is 17.5 Å². The monoisotopic (exact) mass is 315 g/mol. The highest BCUT2D eigenvalue weighted by Crippen LogP contribution is 2.26. The molecule has 1 N–H and O–H groups in total. The van der Waals surface area contributed by atoms with Crippen molar-refractivity contribution in [2.24, 2.45) is 5.92 Å². The zero-order chi connectivity index (χ0) is 15.5. The van der Waals surface area contributed by atoms with Crippen LogP contribution in [0, 0.1) is 5.92 Å². The van der Waals surface area contributed by atoms with Gasteiger partial charge in [0.25, 0.3) is 5.56 Å². The lowest BCUT2D eigenvalue weighted by Crippen LogP contribution is -2.36. The van der Waals surface area contributed by atoms with Gasteiger partial charge in [-0.15, -0.1) is 0 Å². The van der Waals surface area contributed by atoms with Crippen molar-refractivity contribution in [1.82, 2.24) is 9.55 Å². The molecule has 1 aromatic carbocycles. The summed E-state index contributed by atoms with van der Waals surface area (Å²) in [5.41, 5.74) is 1.85. The molecule has 0 radical (unpaired) electrons. The first-order chi connectivity index (χ1) is 10.7. The number of aromatic nitrogens is 2. The minimum absolute atomic E-state index is 0.0465. The van der Waals surface area contributed by atoms with Crippen LogP contribution in [0.4, 0.5) is 5.69 Å². The smallest absolute Gasteiger partial charge is 0.254 e. The molecular formula is C16H17N3O2S. The fourth-order valence-electron chi connectivity index (χ4n) is 2.49. The minimum atomic E-state index is -0.232. The van der Waals surface area contributed by atoms with Crippen LogP contribution in [0.3, 0.4) is 0 Å². The number of hydrogen-bond acceptors (Lipinski definition) is 4. The molecule has 2 heterocycles. The molecule has 3 rings (SSSR count). The van der Waals surface area contributed by atoms with E-state index in [1.54, 1.807) is 4.57 Å². The van der Waals surface area contributed by atoms with Crippen LogP contribution in [-0.2, 0) is 17.8 Å². The van der Waals surface area contributed by atoms with Gasteiger partial charge in [0, 0.05) is 30.2 Å². The number of thioether (sulfide) groups is 1. The molecule has 0 fully saturated rings. The van der Waals surface area contributed by atoms with Gasteiger partial charge in [0.05, 0.1) is 5.92 Å². The third-order valence-electron chi connectivity index (χ3n) is 3.74. The summed E-state index contributed by atoms with van der Waals surface area (Å²) >= 11 is 1.45. The van der Waals surface area contributed by atoms with Gasteiger partial charge in [-0.25, -0.2) is 4.98 Å². The summed E-state index contributed by atoms with van der Waals surface area (Å²) in [6, 6.07) is 9.22. The van der Waals surface area contributed by atoms with Crippen molar-refractivity contribution in [2.75, 3.05) is 11.1 Å². The molecule has 6 heteroatoms. The second-order valence-electron chi connectivity index (χ2n) is 5.18. The predicted molar refractivity (Wildman–Crippen MR) is 87.2 cm³/mol. The Bertz CT molecular complexity index is 757. The van der Waals surface area contributed by atoms with Gasteiger partial charge in [-0.2, -0.15) is 0 Å². The zero-order valence-corrected chi connectivity index (χ0v) is 13.1. The molecule has 1 aromatic heterocycles. The second-order valence-corrected chi connectivity index (χ2v) is 6.17. The first-order valence-corrected chi connectivity index (χ1v) is 8.25. The fourth-order valence-corrected chi connectivity index (χ4v) is 3.56. The van der Waals surface area contributed by atoms with Crippen LogP contribution in [-0.4, -0.2) is 21.2 Å². The van der Waals surface area contributed by atoms with Gasteiger partial charge >= 0.3 is 0 Å². The van der Waals surface area contributed by atoms with Crippen LogP contribution in [0.5, 0.6) is 0 Å². The van der Waals surface area contributed by atoms with E-state index in [-0.39, 0.29) is 17.4 Å². The number of carbonyl (C=O) groups is 1. The molecule has 1 aliphatic rings. The van der Waals surface area contributed by atoms with Gasteiger partial charge in [-0.1, -0.05) is 36.9 Å². The molecule has 0 aliphatic carbocycles. The maximum atomic E-state index is 12.5. The van der Waals surface area contributed by atoms with E-state index >= 15 is 0 Å². The molecule has 0 bridgehead atoms. The quantitative estimate of drug-likeness (QED) is 0.882. The van der Waals surface area contributed by atoms with Crippen molar-refractivity contribution in [2.45, 2.75) is 25.0 Å². The Morgan fingerprint density at radius 1 is 1.41 bits per heavy atom. The topological polar surface area (TPSA) is 64.0 Å². The SMILES string of the molecule is CCc1ccccc1NC(=O)C1CSc2nccc(=O)n2C1. The molecule has 1 atom stereocenters. The van der Waals surface area contributed by atoms with Crippen LogP contribution in [0.1, 0.15) is 12.5 Å². The van der Waals surface area contributed by atoms with Gasteiger partial charge in [0.1, 0.15) is 0 Å². The Morgan fingerprint density at radius 2 is 2.23 bits per heavy atom. The number of anilines is 1. The van der Waals surface area contributed by atoms with Crippen molar-refractivity contribution >= 4 is 23.4 Å². The summed E-state index contributed by atoms with van der Waals surface area (Å²) in [6.07, 6.45) is 2.38. The van der Waals surface area contributed by atoms with Crippen molar-refractivity contribution in [3.63, 3.8) is 0 Å². The maximum absolute atomic E-state index is 12.5. The fraction of sp³-hybridized carbons (Fsp3) is 0.312. The Kier molecular flexibility index (Phi) is 4.29. The lowest BCUT2D eigenvalue weighted by Gasteiger charge is -2.24. The van der Waals surface area contributed by atoms with Crippen molar-refractivity contribution in [3.8, 4) is 0 Å². The Morgan fingerprint density at radius 3 is 3.05 bits per heavy atom. The van der Waals surface area contributed by atoms with Gasteiger partial charge in [0.2, 0.25) is 5.91 Å². The molecule has 1 unspecified atom stereocenters. The van der Waals surface area contributed by atoms with Crippen LogP contribution in [0.15, 0.2) is 46.5 Å². The third kappa shape index (κ3) is 2.92. The molecule has 1 aliphatic heterocycles. The van der Waals surface area contributed by atoms with Crippen molar-refractivity contribution < 1.29 is 4.79 Å². The number of benzene rings is 1. The van der Waals surface area contributed by atoms with Gasteiger partial charge in [-0.05, 0) is 18.1 Å². The molecule has 1 amide bonds. The highest BCUT2D eigenvalue weighted by atomic mass is 32.2. The average Bonchev–Trinajstić information content (AvgIpc) is 2.55. The summed E-state index contributed by atoms with van der Waals surface area (Å²) in [7, 11) is 0.